The lowest BCUT2D eigenvalue weighted by molar-refractivity contribution is -0.914. The molecule has 2 heterocycles. The van der Waals surface area contributed by atoms with Gasteiger partial charge in [0.25, 0.3) is 0 Å². The third-order valence-corrected chi connectivity index (χ3v) is 14.8. The number of hydrogen-bond acceptors (Lipinski definition) is 1. The smallest absolute Gasteiger partial charge is 0.173 e. The number of nitrogens with zero attached hydrogens (tertiary/aromatic N) is 2. The second-order valence-corrected chi connectivity index (χ2v) is 20.4. The van der Waals surface area contributed by atoms with Crippen LogP contribution in [0.4, 0.5) is 0 Å². The molecule has 3 nitrogen and oxygen atoms in total. The molecule has 2 rings (SSSR count). The van der Waals surface area contributed by atoms with Crippen molar-refractivity contribution in [2.45, 2.75) is 89.6 Å². The molecule has 0 spiro atoms. The van der Waals surface area contributed by atoms with Gasteiger partial charge in [-0.3, -0.25) is 0 Å². The summed E-state index contributed by atoms with van der Waals surface area (Å²) >= 11 is 0. The van der Waals surface area contributed by atoms with Crippen molar-refractivity contribution in [3.8, 4) is 0 Å². The summed E-state index contributed by atoms with van der Waals surface area (Å²) in [5.41, 5.74) is 0. The van der Waals surface area contributed by atoms with Crippen LogP contribution >= 0.6 is 0 Å². The minimum absolute atomic E-state index is 1.32. The summed E-state index contributed by atoms with van der Waals surface area (Å²) in [7, 11) is 1.93. The molecule has 0 unspecified atom stereocenters. The maximum absolute atomic E-state index is 6.93. The second kappa shape index (κ2) is 9.88. The van der Waals surface area contributed by atoms with E-state index in [0.717, 1.165) is 0 Å². The lowest BCUT2D eigenvalue weighted by Gasteiger charge is -2.40. The summed E-state index contributed by atoms with van der Waals surface area (Å²) in [5, 5.41) is 0. The van der Waals surface area contributed by atoms with Crippen molar-refractivity contribution in [1.29, 1.82) is 0 Å². The largest absolute Gasteiger partial charge is 0.455 e. The third-order valence-electron chi connectivity index (χ3n) is 7.30. The molecule has 5 heteroatoms. The SMILES string of the molecule is C[N+]1(CCC[Si](C)(C)O[Si](C)(C)CCC[N+]2(C)CCCCC2)CCCCC1. The van der Waals surface area contributed by atoms with Crippen LogP contribution in [-0.4, -0.2) is 79.0 Å². The maximum atomic E-state index is 6.93. The molecule has 27 heavy (non-hydrogen) atoms. The number of hydrogen-bond donors (Lipinski definition) is 0. The van der Waals surface area contributed by atoms with Gasteiger partial charge in [0.2, 0.25) is 0 Å². The van der Waals surface area contributed by atoms with Crippen LogP contribution in [0.15, 0.2) is 0 Å². The summed E-state index contributed by atoms with van der Waals surface area (Å²) < 4.78 is 9.58. The second-order valence-electron chi connectivity index (χ2n) is 11.5. The summed E-state index contributed by atoms with van der Waals surface area (Å²) in [5.74, 6) is 0. The molecular weight excluding hydrogens is 364 g/mol. The van der Waals surface area contributed by atoms with E-state index in [0.29, 0.717) is 0 Å². The van der Waals surface area contributed by atoms with E-state index in [9.17, 15) is 0 Å². The summed E-state index contributed by atoms with van der Waals surface area (Å²) in [6.45, 7) is 18.3. The molecule has 0 radical (unpaired) electrons. The van der Waals surface area contributed by atoms with Gasteiger partial charge in [-0.25, -0.2) is 0 Å². The molecule has 0 aromatic carbocycles. The standard InChI is InChI=1S/C22H50N2OSi2/c1-23(15-9-7-10-16-23)19-13-21-26(3,4)25-27(5,6)22-14-20-24(2)17-11-8-12-18-24/h7-22H2,1-6H3/q+2. The van der Waals surface area contributed by atoms with Gasteiger partial charge in [-0.05, 0) is 89.6 Å². The minimum Gasteiger partial charge on any atom is -0.455 e. The van der Waals surface area contributed by atoms with Gasteiger partial charge in [0.15, 0.2) is 16.6 Å². The fourth-order valence-corrected chi connectivity index (χ4v) is 14.4. The van der Waals surface area contributed by atoms with E-state index in [1.807, 2.05) is 0 Å². The third kappa shape index (κ3) is 8.69. The van der Waals surface area contributed by atoms with E-state index in [4.69, 9.17) is 4.12 Å². The summed E-state index contributed by atoms with van der Waals surface area (Å²) in [6.07, 6.45) is 11.4. The van der Waals surface area contributed by atoms with Crippen molar-refractivity contribution >= 4 is 16.6 Å². The molecule has 0 saturated carbocycles. The van der Waals surface area contributed by atoms with Crippen LogP contribution in [0.25, 0.3) is 0 Å². The highest BCUT2D eigenvalue weighted by molar-refractivity contribution is 6.84. The van der Waals surface area contributed by atoms with Crippen molar-refractivity contribution in [2.24, 2.45) is 0 Å². The Bertz CT molecular complexity index is 402. The van der Waals surface area contributed by atoms with Gasteiger partial charge in [-0.2, -0.15) is 0 Å². The highest BCUT2D eigenvalue weighted by Crippen LogP contribution is 2.26. The lowest BCUT2D eigenvalue weighted by Crippen LogP contribution is -2.50. The van der Waals surface area contributed by atoms with Crippen molar-refractivity contribution < 1.29 is 13.1 Å². The quantitative estimate of drug-likeness (QED) is 0.341. The van der Waals surface area contributed by atoms with Crippen LogP contribution in [0.1, 0.15) is 51.4 Å². The highest BCUT2D eigenvalue weighted by atomic mass is 28.4. The van der Waals surface area contributed by atoms with E-state index >= 15 is 0 Å². The molecule has 160 valence electrons. The Morgan fingerprint density at radius 1 is 0.593 bits per heavy atom. The normalized spacial score (nSPS) is 23.3. The Morgan fingerprint density at radius 3 is 1.26 bits per heavy atom. The monoisotopic (exact) mass is 414 g/mol. The lowest BCUT2D eigenvalue weighted by atomic mass is 10.1. The first-order valence-electron chi connectivity index (χ1n) is 11.9. The maximum Gasteiger partial charge on any atom is 0.173 e. The van der Waals surface area contributed by atoms with Crippen LogP contribution in [0.5, 0.6) is 0 Å². The molecular formula is C22H50N2OSi2+2. The molecule has 0 bridgehead atoms. The van der Waals surface area contributed by atoms with Crippen LogP contribution in [0.3, 0.4) is 0 Å². The molecule has 0 aromatic heterocycles. The Morgan fingerprint density at radius 2 is 0.926 bits per heavy atom. The number of likely N-dealkylation sites (tertiary alicyclic amines) is 2. The van der Waals surface area contributed by atoms with Gasteiger partial charge < -0.3 is 13.1 Å². The Balaban J connectivity index is 1.70. The molecule has 2 fully saturated rings. The van der Waals surface area contributed by atoms with Gasteiger partial charge >= 0.3 is 0 Å². The van der Waals surface area contributed by atoms with Gasteiger partial charge in [0.1, 0.15) is 0 Å². The van der Waals surface area contributed by atoms with Gasteiger partial charge in [0.05, 0.1) is 53.4 Å². The average Bonchev–Trinajstić information content (AvgIpc) is 2.54. The number of rotatable bonds is 10. The van der Waals surface area contributed by atoms with E-state index in [1.54, 1.807) is 0 Å². The Hall–Kier alpha value is 0.314. The molecule has 2 aliphatic rings. The first kappa shape index (κ1) is 23.6. The number of piperidine rings is 2. The zero-order valence-electron chi connectivity index (χ0n) is 19.6. The first-order valence-corrected chi connectivity index (χ1v) is 18.1. The van der Waals surface area contributed by atoms with Crippen LogP contribution in [0, 0.1) is 0 Å². The molecule has 0 aliphatic carbocycles. The Kier molecular flexibility index (Phi) is 8.63. The summed E-state index contributed by atoms with van der Waals surface area (Å²) in [4.78, 5) is 0. The highest BCUT2D eigenvalue weighted by Gasteiger charge is 2.34. The first-order chi connectivity index (χ1) is 12.5. The summed E-state index contributed by atoms with van der Waals surface area (Å²) in [6, 6.07) is 2.70. The predicted molar refractivity (Wildman–Crippen MR) is 124 cm³/mol. The van der Waals surface area contributed by atoms with Gasteiger partial charge in [0, 0.05) is 0 Å². The predicted octanol–water partition coefficient (Wildman–Crippen LogP) is 5.45. The van der Waals surface area contributed by atoms with E-state index < -0.39 is 16.6 Å². The van der Waals surface area contributed by atoms with E-state index in [2.05, 4.69) is 40.3 Å². The fraction of sp³-hybridized carbons (Fsp3) is 1.00. The zero-order chi connectivity index (χ0) is 20.0. The average molecular weight is 415 g/mol. The molecule has 0 atom stereocenters. The van der Waals surface area contributed by atoms with Crippen molar-refractivity contribution in [2.75, 3.05) is 53.4 Å². The minimum atomic E-state index is -1.52. The van der Waals surface area contributed by atoms with E-state index in [1.165, 1.54) is 112 Å². The van der Waals surface area contributed by atoms with Gasteiger partial charge in [-0.1, -0.05) is 0 Å². The molecule has 2 saturated heterocycles. The number of quaternary nitrogens is 2. The van der Waals surface area contributed by atoms with Gasteiger partial charge in [-0.15, -0.1) is 0 Å². The molecule has 0 aromatic rings. The van der Waals surface area contributed by atoms with Crippen molar-refractivity contribution in [1.82, 2.24) is 0 Å². The van der Waals surface area contributed by atoms with Crippen molar-refractivity contribution in [3.63, 3.8) is 0 Å². The molecule has 0 amide bonds. The van der Waals surface area contributed by atoms with Crippen LogP contribution < -0.4 is 0 Å². The van der Waals surface area contributed by atoms with Crippen molar-refractivity contribution in [3.05, 3.63) is 0 Å². The molecule has 2 aliphatic heterocycles. The fourth-order valence-electron chi connectivity index (χ4n) is 5.62. The zero-order valence-corrected chi connectivity index (χ0v) is 21.6. The molecule has 0 N–H and O–H groups in total. The van der Waals surface area contributed by atoms with Crippen LogP contribution in [-0.2, 0) is 4.12 Å². The van der Waals surface area contributed by atoms with Crippen LogP contribution in [0.2, 0.25) is 38.3 Å². The topological polar surface area (TPSA) is 9.23 Å². The van der Waals surface area contributed by atoms with E-state index in [-0.39, 0.29) is 0 Å². The Labute approximate surface area is 172 Å².